The standard InChI is InChI=1S/C24H32O9S2.C18H23NO8S2.C10H15NO3.2C5H12.2C4H11NS.CH4.HNS/c1-4-6-7-8-20(25)9-10-33-24-17(5-2)13-22(35(30,31)32)15-19(24)12-18-14-21(34(27,28)29)11-16(3)23(18)26;1-3-12-8-16(29(24,25)26)10-14(18(12)27-5-4-19)7-13-9-15(28(21,22)23)6-11(2)17(13)20;1-2-3-4-5-8(12)11-9(13)6-7-10(11)14;2*1-3-5-4-2;2*1-2-3-4-5-6;;1-2/h11,13-15,26H,4-10,12H2,1-3H3,(H,27,28,29)(H,30,31,32);6,8-10,20H,3-5,7,19H2,1-2H3,(H,21,22,23)(H,24,25,26);2-7H2,1H3;2*3-5H2,1-2H3;2*5-6H,2-4H2,1H3;1H4;1H. The normalized spacial score (nSPS) is 11.7. The number of amides is 3. The van der Waals surface area contributed by atoms with Crippen molar-refractivity contribution in [3.63, 3.8) is 0 Å². The summed E-state index contributed by atoms with van der Waals surface area (Å²) in [6.45, 7) is 26.1. The molecule has 1 aliphatic heterocycles. The maximum absolute atomic E-state index is 12.1. The van der Waals surface area contributed by atoms with Gasteiger partial charge in [0.2, 0.25) is 17.7 Å². The van der Waals surface area contributed by atoms with Gasteiger partial charge in [-0.3, -0.25) is 46.8 Å². The molecule has 3 amide bonds. The van der Waals surface area contributed by atoms with E-state index in [9.17, 15) is 81.3 Å². The van der Waals surface area contributed by atoms with Gasteiger partial charge in [0.25, 0.3) is 40.5 Å². The van der Waals surface area contributed by atoms with E-state index in [0.717, 1.165) is 80.8 Å². The third kappa shape index (κ3) is 43.3. The smallest absolute Gasteiger partial charge is 0.294 e. The molecule has 0 radical (unpaired) electrons. The SMILES string of the molecule is C.CCCCC.CCCCC.CCCCCC(=O)CCOc1c(CC)cc(S(=O)(=O)O)cc1Cc1cc(S(=O)(=O)O)cc(C)c1O.CCCCCC(=O)N1C(=O)CCC1=O.CCCCNS.CCCCNS.CCc1cc(S(=O)(=O)O)cc(Cc2cc(S(=O)(=O)O)cc(C)c2O)c1OCCN.N=S. The van der Waals surface area contributed by atoms with Gasteiger partial charge in [-0.05, 0) is 123 Å². The Morgan fingerprint density at radius 2 is 0.777 bits per heavy atom. The fraction of sp³-hybridized carbons (Fsp3) is 0.606. The van der Waals surface area contributed by atoms with Crippen LogP contribution in [0.5, 0.6) is 23.0 Å². The van der Waals surface area contributed by atoms with Crippen LogP contribution in [0.3, 0.4) is 0 Å². The summed E-state index contributed by atoms with van der Waals surface area (Å²) in [5, 5.41) is 20.9. The van der Waals surface area contributed by atoms with Crippen LogP contribution >= 0.6 is 25.6 Å². The number of ether oxygens (including phenoxy) is 2. The van der Waals surface area contributed by atoms with Crippen molar-refractivity contribution < 1.29 is 90.7 Å². The van der Waals surface area contributed by atoms with E-state index in [1.807, 2.05) is 13.8 Å². The number of hydrogen-bond donors (Lipinski definition) is 12. The number of carbonyl (C=O) groups is 4. The number of phenolic OH excluding ortho intramolecular Hbond substituents is 2. The summed E-state index contributed by atoms with van der Waals surface area (Å²) in [5.74, 6) is -0.779. The lowest BCUT2D eigenvalue weighted by Gasteiger charge is -2.18. The summed E-state index contributed by atoms with van der Waals surface area (Å²) in [6, 6.07) is 9.34. The van der Waals surface area contributed by atoms with E-state index >= 15 is 0 Å². The monoisotopic (exact) mass is 1590 g/mol. The first kappa shape index (κ1) is 104. The first-order chi connectivity index (χ1) is 48.0. The van der Waals surface area contributed by atoms with Crippen molar-refractivity contribution in [3.05, 3.63) is 93.0 Å². The topological polar surface area (TPSA) is 422 Å². The Kier molecular flexibility index (Phi) is 58.6. The first-order valence-corrected chi connectivity index (χ1v) is 41.7. The predicted molar refractivity (Wildman–Crippen MR) is 417 cm³/mol. The number of benzene rings is 4. The van der Waals surface area contributed by atoms with E-state index in [0.29, 0.717) is 48.1 Å². The van der Waals surface area contributed by atoms with Crippen molar-refractivity contribution in [3.8, 4) is 23.0 Å². The number of unbranched alkanes of at least 4 members (excludes halogenated alkanes) is 10. The van der Waals surface area contributed by atoms with E-state index in [-0.39, 0.29) is 138 Å². The maximum Gasteiger partial charge on any atom is 0.294 e. The second kappa shape index (κ2) is 58.0. The van der Waals surface area contributed by atoms with Crippen molar-refractivity contribution >= 4 is 102 Å². The molecule has 1 aliphatic rings. The summed E-state index contributed by atoms with van der Waals surface area (Å²) < 4.78 is 154. The minimum absolute atomic E-state index is 0. The van der Waals surface area contributed by atoms with Gasteiger partial charge in [-0.15, -0.1) is 0 Å². The van der Waals surface area contributed by atoms with Gasteiger partial charge in [-0.25, -0.2) is 9.68 Å². The van der Waals surface area contributed by atoms with Crippen LogP contribution in [0.25, 0.3) is 0 Å². The lowest BCUT2D eigenvalue weighted by atomic mass is 9.98. The average Bonchev–Trinajstić information content (AvgIpc) is 1.39. The number of carbonyl (C=O) groups excluding carboxylic acids is 4. The number of nitrogens with zero attached hydrogens (tertiary/aromatic N) is 1. The molecular formula is C71H121N5O20S7. The van der Waals surface area contributed by atoms with Crippen molar-refractivity contribution in [2.24, 2.45) is 5.73 Å². The molecule has 4 aromatic carbocycles. The molecule has 0 bridgehead atoms. The zero-order valence-electron chi connectivity index (χ0n) is 61.7. The third-order valence-corrected chi connectivity index (χ3v) is 18.7. The van der Waals surface area contributed by atoms with Crippen molar-refractivity contribution in [1.29, 1.82) is 4.78 Å². The minimum atomic E-state index is -4.57. The predicted octanol–water partition coefficient (Wildman–Crippen LogP) is 15.0. The van der Waals surface area contributed by atoms with Crippen molar-refractivity contribution in [2.45, 2.75) is 271 Å². The summed E-state index contributed by atoms with van der Waals surface area (Å²) in [5.41, 5.74) is 7.63. The van der Waals surface area contributed by atoms with Crippen LogP contribution in [0.2, 0.25) is 0 Å². The van der Waals surface area contributed by atoms with Gasteiger partial charge < -0.3 is 25.4 Å². The maximum atomic E-state index is 12.1. The van der Waals surface area contributed by atoms with E-state index in [4.69, 9.17) is 20.0 Å². The molecule has 1 fully saturated rings. The summed E-state index contributed by atoms with van der Waals surface area (Å²) in [6.07, 6.45) is 20.3. The van der Waals surface area contributed by atoms with Crippen LogP contribution in [0, 0.1) is 18.6 Å². The Balaban J connectivity index is -0.000000637. The Morgan fingerprint density at radius 3 is 1.06 bits per heavy atom. The third-order valence-electron chi connectivity index (χ3n) is 14.9. The van der Waals surface area contributed by atoms with E-state index in [1.54, 1.807) is 13.8 Å². The van der Waals surface area contributed by atoms with Gasteiger partial charge in [0.15, 0.2) is 0 Å². The lowest BCUT2D eigenvalue weighted by Crippen LogP contribution is -2.35. The van der Waals surface area contributed by atoms with Gasteiger partial charge in [0.1, 0.15) is 35.4 Å². The first-order valence-electron chi connectivity index (χ1n) is 34.6. The molecule has 0 atom stereocenters. The second-order valence-corrected chi connectivity index (χ2v) is 29.9. The molecule has 0 unspecified atom stereocenters. The molecule has 103 heavy (non-hydrogen) atoms. The zero-order chi connectivity index (χ0) is 78.8. The molecule has 5 rings (SSSR count). The number of nitrogens with one attached hydrogen (secondary N) is 3. The van der Waals surface area contributed by atoms with Gasteiger partial charge in [-0.1, -0.05) is 179 Å². The molecule has 25 nitrogen and oxygen atoms in total. The molecule has 0 aliphatic carbocycles. The lowest BCUT2D eigenvalue weighted by molar-refractivity contribution is -0.149. The molecule has 0 spiro atoms. The number of aryl methyl sites for hydroxylation is 4. The van der Waals surface area contributed by atoms with Gasteiger partial charge in [0, 0.05) is 99.3 Å². The van der Waals surface area contributed by atoms with Crippen LogP contribution in [0.15, 0.2) is 68.1 Å². The van der Waals surface area contributed by atoms with Crippen molar-refractivity contribution in [1.82, 2.24) is 14.3 Å². The largest absolute Gasteiger partial charge is 0.507 e. The van der Waals surface area contributed by atoms with Crippen LogP contribution in [-0.4, -0.2) is 123 Å². The number of ketones is 1. The molecule has 32 heteroatoms. The highest BCUT2D eigenvalue weighted by Gasteiger charge is 2.34. The summed E-state index contributed by atoms with van der Waals surface area (Å²) >= 11 is 10.9. The highest BCUT2D eigenvalue weighted by atomic mass is 32.2. The van der Waals surface area contributed by atoms with Gasteiger partial charge in [-0.2, -0.15) is 33.7 Å². The second-order valence-electron chi connectivity index (χ2n) is 23.5. The quantitative estimate of drug-likeness (QED) is 0.00881. The molecule has 0 saturated carbocycles. The molecule has 592 valence electrons. The molecule has 11 N–H and O–H groups in total. The van der Waals surface area contributed by atoms with E-state index in [1.165, 1.54) is 102 Å². The molecule has 4 aromatic rings. The summed E-state index contributed by atoms with van der Waals surface area (Å²) in [4.78, 5) is 45.1. The highest BCUT2D eigenvalue weighted by molar-refractivity contribution is 7.86. The van der Waals surface area contributed by atoms with Crippen LogP contribution in [0.1, 0.15) is 256 Å². The summed E-state index contributed by atoms with van der Waals surface area (Å²) in [7, 11) is -18.2. The van der Waals surface area contributed by atoms with Crippen LogP contribution < -0.4 is 24.7 Å². The number of phenols is 2. The number of aromatic hydroxyl groups is 2. The average molecular weight is 1590 g/mol. The minimum Gasteiger partial charge on any atom is -0.507 e. The fourth-order valence-corrected chi connectivity index (χ4v) is 12.1. The van der Waals surface area contributed by atoms with E-state index in [2.05, 4.69) is 89.0 Å². The molecule has 1 heterocycles. The number of nitrogens with two attached hydrogens (primary N) is 1. The molecule has 0 aromatic heterocycles. The Labute approximate surface area is 632 Å². The number of imide groups is 3. The fourth-order valence-electron chi connectivity index (χ4n) is 9.35. The van der Waals surface area contributed by atoms with E-state index < -0.39 is 50.3 Å². The Morgan fingerprint density at radius 1 is 0.476 bits per heavy atom. The zero-order valence-corrected chi connectivity index (χ0v) is 67.6. The highest BCUT2D eigenvalue weighted by Crippen LogP contribution is 2.37. The Hall–Kier alpha value is -5.20. The van der Waals surface area contributed by atoms with Gasteiger partial charge >= 0.3 is 0 Å². The van der Waals surface area contributed by atoms with Crippen LogP contribution in [-0.2, 0) is 97.8 Å². The van der Waals surface area contributed by atoms with Crippen LogP contribution in [0.4, 0.5) is 0 Å². The number of thiol groups is 2. The van der Waals surface area contributed by atoms with Crippen molar-refractivity contribution in [2.75, 3.05) is 32.8 Å². The van der Waals surface area contributed by atoms with Gasteiger partial charge in [0.05, 0.1) is 26.2 Å². The molecular weight excluding hydrogens is 1470 g/mol. The Bertz CT molecular complexity index is 3560. The number of Topliss-reactive ketones (excluding diaryl/α,β-unsaturated/α-hetero) is 1. The number of likely N-dealkylation sites (tertiary alicyclic amines) is 1. The molecule has 1 saturated heterocycles. The number of rotatable bonds is 35. The number of hydrogen-bond acceptors (Lipinski definition) is 23.